The first-order valence-corrected chi connectivity index (χ1v) is 5.78. The first kappa shape index (κ1) is 13.9. The van der Waals surface area contributed by atoms with Gasteiger partial charge in [-0.1, -0.05) is 26.3 Å². The molecule has 1 rings (SSSR count). The molecule has 0 heterocycles. The summed E-state index contributed by atoms with van der Waals surface area (Å²) in [5.74, 6) is 0.0791. The number of ether oxygens (including phenoxy) is 1. The van der Waals surface area contributed by atoms with Gasteiger partial charge in [-0.25, -0.2) is 4.39 Å². The molecule has 1 unspecified atom stereocenters. The molecule has 96 valence electrons. The highest BCUT2D eigenvalue weighted by molar-refractivity contribution is 5.37. The van der Waals surface area contributed by atoms with Crippen molar-refractivity contribution in [3.8, 4) is 5.75 Å². The Morgan fingerprint density at radius 1 is 1.47 bits per heavy atom. The van der Waals surface area contributed by atoms with Gasteiger partial charge in [-0.05, 0) is 12.0 Å². The van der Waals surface area contributed by atoms with Crippen molar-refractivity contribution >= 4 is 0 Å². The van der Waals surface area contributed by atoms with Crippen molar-refractivity contribution in [1.29, 1.82) is 0 Å². The van der Waals surface area contributed by atoms with Crippen molar-refractivity contribution < 1.29 is 14.2 Å². The molecule has 17 heavy (non-hydrogen) atoms. The van der Waals surface area contributed by atoms with E-state index in [1.165, 1.54) is 19.2 Å². The number of hydrogen-bond acceptors (Lipinski definition) is 3. The highest BCUT2D eigenvalue weighted by atomic mass is 19.1. The molecule has 0 fully saturated rings. The van der Waals surface area contributed by atoms with Crippen molar-refractivity contribution in [1.82, 2.24) is 0 Å². The molecule has 0 aliphatic heterocycles. The molecular formula is C13H20FNO2. The zero-order valence-corrected chi connectivity index (χ0v) is 10.5. The maximum Gasteiger partial charge on any atom is 0.126 e. The number of benzene rings is 1. The van der Waals surface area contributed by atoms with Crippen LogP contribution in [0.3, 0.4) is 0 Å². The number of aliphatic hydroxyl groups excluding tert-OH is 1. The minimum Gasteiger partial charge on any atom is -0.496 e. The Bertz CT molecular complexity index is 370. The highest BCUT2D eigenvalue weighted by Crippen LogP contribution is 2.29. The van der Waals surface area contributed by atoms with Crippen LogP contribution in [0.1, 0.15) is 31.9 Å². The Kier molecular flexibility index (Phi) is 4.90. The van der Waals surface area contributed by atoms with Crippen LogP contribution in [0, 0.1) is 11.7 Å². The lowest BCUT2D eigenvalue weighted by Gasteiger charge is -2.25. The Labute approximate surface area is 101 Å². The van der Waals surface area contributed by atoms with Gasteiger partial charge in [0.15, 0.2) is 0 Å². The second-order valence-corrected chi connectivity index (χ2v) is 4.29. The molecule has 1 aromatic carbocycles. The minimum absolute atomic E-state index is 0.0831. The Hall–Kier alpha value is -1.13. The molecule has 0 spiro atoms. The average Bonchev–Trinajstić information content (AvgIpc) is 2.35. The number of methoxy groups -OCH3 is 1. The van der Waals surface area contributed by atoms with Crippen LogP contribution in [0.4, 0.5) is 4.39 Å². The van der Waals surface area contributed by atoms with Gasteiger partial charge in [0.25, 0.3) is 0 Å². The van der Waals surface area contributed by atoms with E-state index < -0.39 is 12.1 Å². The molecule has 3 atom stereocenters. The van der Waals surface area contributed by atoms with Crippen LogP contribution in [0.25, 0.3) is 0 Å². The molecule has 1 aromatic rings. The summed E-state index contributed by atoms with van der Waals surface area (Å²) < 4.78 is 18.1. The molecule has 0 radical (unpaired) electrons. The standard InChI is InChI=1S/C13H20FNO2/c1-4-8(2)13(16)12(15)10-6-5-9(14)7-11(10)17-3/h5-8,12-13,16H,4,15H2,1-3H3/t8?,12-,13+/m0/s1. The fourth-order valence-electron chi connectivity index (χ4n) is 1.74. The van der Waals surface area contributed by atoms with Gasteiger partial charge in [0.05, 0.1) is 19.3 Å². The fraction of sp³-hybridized carbons (Fsp3) is 0.538. The maximum atomic E-state index is 13.0. The SMILES string of the molecule is CCC(C)[C@@H](O)[C@@H](N)c1ccc(F)cc1OC. The van der Waals surface area contributed by atoms with Gasteiger partial charge in [0, 0.05) is 11.6 Å². The van der Waals surface area contributed by atoms with E-state index in [0.717, 1.165) is 6.42 Å². The van der Waals surface area contributed by atoms with E-state index in [9.17, 15) is 9.50 Å². The van der Waals surface area contributed by atoms with Crippen LogP contribution < -0.4 is 10.5 Å². The topological polar surface area (TPSA) is 55.5 Å². The van der Waals surface area contributed by atoms with Crippen LogP contribution >= 0.6 is 0 Å². The van der Waals surface area contributed by atoms with Crippen LogP contribution in [0.5, 0.6) is 5.75 Å². The smallest absolute Gasteiger partial charge is 0.126 e. The third-order valence-corrected chi connectivity index (χ3v) is 3.15. The van der Waals surface area contributed by atoms with Crippen LogP contribution in [-0.2, 0) is 0 Å². The molecule has 0 saturated carbocycles. The first-order valence-electron chi connectivity index (χ1n) is 5.78. The van der Waals surface area contributed by atoms with Crippen LogP contribution in [0.15, 0.2) is 18.2 Å². The summed E-state index contributed by atoms with van der Waals surface area (Å²) in [5.41, 5.74) is 6.62. The van der Waals surface area contributed by atoms with E-state index in [1.807, 2.05) is 13.8 Å². The Morgan fingerprint density at radius 3 is 2.65 bits per heavy atom. The third kappa shape index (κ3) is 3.17. The number of halogens is 1. The number of aliphatic hydroxyl groups is 1. The number of rotatable bonds is 5. The molecule has 0 amide bonds. The van der Waals surface area contributed by atoms with Crippen molar-refractivity contribution in [2.24, 2.45) is 11.7 Å². The summed E-state index contributed by atoms with van der Waals surface area (Å²) in [4.78, 5) is 0. The van der Waals surface area contributed by atoms with Crippen molar-refractivity contribution in [3.05, 3.63) is 29.6 Å². The van der Waals surface area contributed by atoms with Crippen LogP contribution in [-0.4, -0.2) is 18.3 Å². The molecule has 0 aliphatic carbocycles. The molecule has 0 aliphatic rings. The van der Waals surface area contributed by atoms with Gasteiger partial charge in [-0.15, -0.1) is 0 Å². The monoisotopic (exact) mass is 241 g/mol. The number of hydrogen-bond donors (Lipinski definition) is 2. The second-order valence-electron chi connectivity index (χ2n) is 4.29. The van der Waals surface area contributed by atoms with Crippen molar-refractivity contribution in [3.63, 3.8) is 0 Å². The molecule has 0 aromatic heterocycles. The molecular weight excluding hydrogens is 221 g/mol. The largest absolute Gasteiger partial charge is 0.496 e. The molecule has 0 bridgehead atoms. The fourth-order valence-corrected chi connectivity index (χ4v) is 1.74. The van der Waals surface area contributed by atoms with E-state index >= 15 is 0 Å². The summed E-state index contributed by atoms with van der Waals surface area (Å²) in [5, 5.41) is 10.1. The lowest BCUT2D eigenvalue weighted by Crippen LogP contribution is -2.31. The third-order valence-electron chi connectivity index (χ3n) is 3.15. The van der Waals surface area contributed by atoms with Gasteiger partial charge in [0.2, 0.25) is 0 Å². The molecule has 3 nitrogen and oxygen atoms in total. The van der Waals surface area contributed by atoms with E-state index in [0.29, 0.717) is 11.3 Å². The average molecular weight is 241 g/mol. The Balaban J connectivity index is 2.99. The second kappa shape index (κ2) is 5.98. The molecule has 0 saturated heterocycles. The predicted molar refractivity (Wildman–Crippen MR) is 65.3 cm³/mol. The number of nitrogens with two attached hydrogens (primary N) is 1. The van der Waals surface area contributed by atoms with Crippen LogP contribution in [0.2, 0.25) is 0 Å². The zero-order chi connectivity index (χ0) is 13.0. The van der Waals surface area contributed by atoms with E-state index in [2.05, 4.69) is 0 Å². The summed E-state index contributed by atoms with van der Waals surface area (Å²) >= 11 is 0. The first-order chi connectivity index (χ1) is 8.01. The van der Waals surface area contributed by atoms with E-state index in [-0.39, 0.29) is 11.7 Å². The summed E-state index contributed by atoms with van der Waals surface area (Å²) in [6.07, 6.45) is 0.164. The normalized spacial score (nSPS) is 16.4. The van der Waals surface area contributed by atoms with Gasteiger partial charge < -0.3 is 15.6 Å². The van der Waals surface area contributed by atoms with E-state index in [1.54, 1.807) is 6.07 Å². The lowest BCUT2D eigenvalue weighted by molar-refractivity contribution is 0.0870. The van der Waals surface area contributed by atoms with Gasteiger partial charge in [0.1, 0.15) is 11.6 Å². The van der Waals surface area contributed by atoms with Gasteiger partial charge in [-0.3, -0.25) is 0 Å². The van der Waals surface area contributed by atoms with Gasteiger partial charge in [-0.2, -0.15) is 0 Å². The molecule has 3 N–H and O–H groups in total. The van der Waals surface area contributed by atoms with Crippen molar-refractivity contribution in [2.75, 3.05) is 7.11 Å². The lowest BCUT2D eigenvalue weighted by atomic mass is 9.91. The highest BCUT2D eigenvalue weighted by Gasteiger charge is 2.24. The van der Waals surface area contributed by atoms with Gasteiger partial charge >= 0.3 is 0 Å². The van der Waals surface area contributed by atoms with E-state index in [4.69, 9.17) is 10.5 Å². The summed E-state index contributed by atoms with van der Waals surface area (Å²) in [6, 6.07) is 3.59. The Morgan fingerprint density at radius 2 is 2.12 bits per heavy atom. The quantitative estimate of drug-likeness (QED) is 0.831. The zero-order valence-electron chi connectivity index (χ0n) is 10.5. The molecule has 4 heteroatoms. The summed E-state index contributed by atoms with van der Waals surface area (Å²) in [6.45, 7) is 3.92. The maximum absolute atomic E-state index is 13.0. The van der Waals surface area contributed by atoms with Crippen molar-refractivity contribution in [2.45, 2.75) is 32.4 Å². The minimum atomic E-state index is -0.667. The predicted octanol–water partition coefficient (Wildman–Crippen LogP) is 2.24. The summed E-state index contributed by atoms with van der Waals surface area (Å²) in [7, 11) is 1.46.